The molecule has 0 amide bonds. The van der Waals surface area contributed by atoms with Crippen LogP contribution in [0.2, 0.25) is 0 Å². The zero-order valence-corrected chi connectivity index (χ0v) is 18.0. The molecule has 0 radical (unpaired) electrons. The molecule has 3 heterocycles. The van der Waals surface area contributed by atoms with E-state index in [1.807, 2.05) is 6.21 Å². The first kappa shape index (κ1) is 19.0. The summed E-state index contributed by atoms with van der Waals surface area (Å²) in [7, 11) is 0. The molecule has 5 nitrogen and oxygen atoms in total. The molecule has 0 fully saturated rings. The van der Waals surface area contributed by atoms with Crippen LogP contribution in [0.5, 0.6) is 0 Å². The van der Waals surface area contributed by atoms with Crippen LogP contribution in [-0.4, -0.2) is 27.1 Å². The molecule has 1 aliphatic rings. The van der Waals surface area contributed by atoms with Gasteiger partial charge in [0.25, 0.3) is 0 Å². The van der Waals surface area contributed by atoms with Crippen LogP contribution in [0.1, 0.15) is 56.2 Å². The molecule has 0 atom stereocenters. The van der Waals surface area contributed by atoms with E-state index in [4.69, 9.17) is 0 Å². The molecule has 0 saturated carbocycles. The zero-order valence-electron chi connectivity index (χ0n) is 17.2. The number of thiophene rings is 1. The smallest absolute Gasteiger partial charge is 0.158 e. The first-order chi connectivity index (χ1) is 13.3. The second-order valence-corrected chi connectivity index (χ2v) is 9.73. The highest BCUT2D eigenvalue weighted by Gasteiger charge is 2.21. The molecule has 0 aliphatic carbocycles. The fourth-order valence-corrected chi connectivity index (χ4v) is 4.43. The number of nitrogens with one attached hydrogen (secondary N) is 1. The molecule has 0 saturated heterocycles. The average molecular weight is 394 g/mol. The van der Waals surface area contributed by atoms with Gasteiger partial charge in [-0.2, -0.15) is 5.10 Å². The van der Waals surface area contributed by atoms with E-state index in [9.17, 15) is 0 Å². The van der Waals surface area contributed by atoms with Gasteiger partial charge in [0, 0.05) is 24.0 Å². The number of anilines is 1. The van der Waals surface area contributed by atoms with Crippen LogP contribution in [0.4, 0.5) is 5.82 Å². The van der Waals surface area contributed by atoms with E-state index in [1.165, 1.54) is 16.0 Å². The highest BCUT2D eigenvalue weighted by Crippen LogP contribution is 2.35. The molecular weight excluding hydrogens is 366 g/mol. The number of aromatic nitrogens is 2. The second-order valence-electron chi connectivity index (χ2n) is 8.70. The molecule has 2 aromatic heterocycles. The molecule has 0 bridgehead atoms. The van der Waals surface area contributed by atoms with Crippen LogP contribution in [0.15, 0.2) is 35.7 Å². The van der Waals surface area contributed by atoms with Gasteiger partial charge in [0.2, 0.25) is 0 Å². The van der Waals surface area contributed by atoms with Gasteiger partial charge in [-0.3, -0.25) is 10.3 Å². The minimum atomic E-state index is 0.0974. The Morgan fingerprint density at radius 1 is 1.14 bits per heavy atom. The fraction of sp³-hybridized carbons (Fsp3) is 0.409. The molecule has 6 heteroatoms. The summed E-state index contributed by atoms with van der Waals surface area (Å²) < 4.78 is 0. The van der Waals surface area contributed by atoms with E-state index in [2.05, 4.69) is 84.3 Å². The van der Waals surface area contributed by atoms with Gasteiger partial charge in [-0.05, 0) is 48.1 Å². The Morgan fingerprint density at radius 2 is 1.93 bits per heavy atom. The predicted molar refractivity (Wildman–Crippen MR) is 118 cm³/mol. The highest BCUT2D eigenvalue weighted by molar-refractivity contribution is 7.18. The summed E-state index contributed by atoms with van der Waals surface area (Å²) in [5, 5.41) is 5.46. The van der Waals surface area contributed by atoms with Crippen molar-refractivity contribution in [3.8, 4) is 0 Å². The normalized spacial score (nSPS) is 15.1. The summed E-state index contributed by atoms with van der Waals surface area (Å²) in [5.41, 5.74) is 7.13. The quantitative estimate of drug-likeness (QED) is 0.491. The van der Waals surface area contributed by atoms with Gasteiger partial charge in [-0.1, -0.05) is 32.9 Å². The van der Waals surface area contributed by atoms with E-state index in [1.54, 1.807) is 17.7 Å². The number of benzene rings is 1. The molecule has 0 spiro atoms. The molecule has 28 heavy (non-hydrogen) atoms. The first-order valence-corrected chi connectivity index (χ1v) is 10.5. The lowest BCUT2D eigenvalue weighted by molar-refractivity contribution is 0.227. The van der Waals surface area contributed by atoms with Gasteiger partial charge in [0.1, 0.15) is 11.2 Å². The summed E-state index contributed by atoms with van der Waals surface area (Å²) in [6, 6.07) is 9.33. The van der Waals surface area contributed by atoms with Crippen LogP contribution < -0.4 is 5.43 Å². The topological polar surface area (TPSA) is 53.4 Å². The van der Waals surface area contributed by atoms with E-state index < -0.39 is 0 Å². The SMILES string of the molecule is CC(C)N1Cc2ccc(/C=N/Nc3ncnc4sc(C(C)(C)C)cc34)cc2C1. The third kappa shape index (κ3) is 3.80. The van der Waals surface area contributed by atoms with Gasteiger partial charge in [0.05, 0.1) is 11.6 Å². The second kappa shape index (κ2) is 7.26. The Hall–Kier alpha value is -2.31. The van der Waals surface area contributed by atoms with E-state index in [0.717, 1.165) is 34.7 Å². The Kier molecular flexibility index (Phi) is 4.93. The van der Waals surface area contributed by atoms with Gasteiger partial charge in [-0.25, -0.2) is 9.97 Å². The molecular formula is C22H27N5S. The Balaban J connectivity index is 1.52. The summed E-state index contributed by atoms with van der Waals surface area (Å²) in [4.78, 5) is 13.6. The standard InChI is InChI=1S/C22H27N5S/c1-14(2)27-11-16-7-6-15(8-17(16)12-27)10-25-26-20-18-9-19(22(3,4)5)28-21(18)24-13-23-20/h6-10,13-14H,11-12H2,1-5H3,(H,23,24,26)/b25-10+. The van der Waals surface area contributed by atoms with Crippen molar-refractivity contribution in [2.45, 2.75) is 59.2 Å². The number of nitrogens with zero attached hydrogens (tertiary/aromatic N) is 4. The molecule has 3 aromatic rings. The van der Waals surface area contributed by atoms with Crippen molar-refractivity contribution in [2.75, 3.05) is 5.43 Å². The van der Waals surface area contributed by atoms with Crippen LogP contribution in [0, 0.1) is 0 Å². The Bertz CT molecular complexity index is 1030. The maximum Gasteiger partial charge on any atom is 0.158 e. The molecule has 146 valence electrons. The maximum absolute atomic E-state index is 4.44. The van der Waals surface area contributed by atoms with Crippen molar-refractivity contribution < 1.29 is 0 Å². The lowest BCUT2D eigenvalue weighted by Crippen LogP contribution is -2.24. The minimum absolute atomic E-state index is 0.0974. The third-order valence-corrected chi connectivity index (χ3v) is 6.63. The summed E-state index contributed by atoms with van der Waals surface area (Å²) >= 11 is 1.72. The molecule has 4 rings (SSSR count). The average Bonchev–Trinajstić information content (AvgIpc) is 3.25. The maximum atomic E-state index is 4.44. The number of fused-ring (bicyclic) bond motifs is 2. The van der Waals surface area contributed by atoms with Gasteiger partial charge < -0.3 is 0 Å². The summed E-state index contributed by atoms with van der Waals surface area (Å²) in [6.45, 7) is 13.2. The van der Waals surface area contributed by atoms with Crippen molar-refractivity contribution in [3.63, 3.8) is 0 Å². The van der Waals surface area contributed by atoms with Crippen molar-refractivity contribution in [1.29, 1.82) is 0 Å². The molecule has 1 aromatic carbocycles. The van der Waals surface area contributed by atoms with Crippen LogP contribution >= 0.6 is 11.3 Å². The predicted octanol–water partition coefficient (Wildman–Crippen LogP) is 5.16. The Labute approximate surface area is 170 Å². The lowest BCUT2D eigenvalue weighted by atomic mass is 9.94. The van der Waals surface area contributed by atoms with Crippen LogP contribution in [-0.2, 0) is 18.5 Å². The minimum Gasteiger partial charge on any atom is -0.292 e. The fourth-order valence-electron chi connectivity index (χ4n) is 3.37. The van der Waals surface area contributed by atoms with Crippen molar-refractivity contribution >= 4 is 33.6 Å². The van der Waals surface area contributed by atoms with E-state index in [0.29, 0.717) is 6.04 Å². The van der Waals surface area contributed by atoms with Crippen molar-refractivity contribution in [1.82, 2.24) is 14.9 Å². The van der Waals surface area contributed by atoms with Crippen molar-refractivity contribution in [3.05, 3.63) is 52.2 Å². The van der Waals surface area contributed by atoms with E-state index >= 15 is 0 Å². The first-order valence-electron chi connectivity index (χ1n) is 9.71. The van der Waals surface area contributed by atoms with Gasteiger partial charge >= 0.3 is 0 Å². The number of hydrazone groups is 1. The molecule has 1 N–H and O–H groups in total. The molecule has 1 aliphatic heterocycles. The molecule has 0 unspecified atom stereocenters. The van der Waals surface area contributed by atoms with Gasteiger partial charge in [0.15, 0.2) is 5.82 Å². The highest BCUT2D eigenvalue weighted by atomic mass is 32.1. The lowest BCUT2D eigenvalue weighted by Gasteiger charge is -2.18. The summed E-state index contributed by atoms with van der Waals surface area (Å²) in [5.74, 6) is 0.750. The number of hydrogen-bond acceptors (Lipinski definition) is 6. The largest absolute Gasteiger partial charge is 0.292 e. The monoisotopic (exact) mass is 393 g/mol. The number of rotatable bonds is 4. The summed E-state index contributed by atoms with van der Waals surface area (Å²) in [6.07, 6.45) is 3.46. The zero-order chi connectivity index (χ0) is 19.9. The Morgan fingerprint density at radius 3 is 2.68 bits per heavy atom. The van der Waals surface area contributed by atoms with Crippen LogP contribution in [0.3, 0.4) is 0 Å². The third-order valence-electron chi connectivity index (χ3n) is 5.16. The van der Waals surface area contributed by atoms with Crippen LogP contribution in [0.25, 0.3) is 10.2 Å². The van der Waals surface area contributed by atoms with Gasteiger partial charge in [-0.15, -0.1) is 11.3 Å². The van der Waals surface area contributed by atoms with E-state index in [-0.39, 0.29) is 5.41 Å². The number of hydrogen-bond donors (Lipinski definition) is 1. The van der Waals surface area contributed by atoms with Crippen molar-refractivity contribution in [2.24, 2.45) is 5.10 Å².